The van der Waals surface area contributed by atoms with Crippen molar-refractivity contribution in [3.63, 3.8) is 0 Å². The topological polar surface area (TPSA) is 49.8 Å². The molecule has 24 heavy (non-hydrogen) atoms. The average Bonchev–Trinajstić information content (AvgIpc) is 2.48. The zero-order valence-electron chi connectivity index (χ0n) is 11.9. The van der Waals surface area contributed by atoms with Crippen molar-refractivity contribution in [3.8, 4) is 6.07 Å². The van der Waals surface area contributed by atoms with Crippen molar-refractivity contribution < 1.29 is 26.3 Å². The lowest BCUT2D eigenvalue weighted by Crippen LogP contribution is -2.13. The maximum Gasteiger partial charge on any atom is 0.416 e. The van der Waals surface area contributed by atoms with Crippen molar-refractivity contribution in [1.82, 2.24) is 0 Å². The summed E-state index contributed by atoms with van der Waals surface area (Å²) in [4.78, 5) is 0. The average molecular weight is 344 g/mol. The zero-order valence-corrected chi connectivity index (χ0v) is 11.9. The molecule has 0 radical (unpaired) electrons. The maximum absolute atomic E-state index is 13.2. The summed E-state index contributed by atoms with van der Waals surface area (Å²) in [5.41, 5.74) is 2.39. The second-order valence-electron chi connectivity index (χ2n) is 5.03. The molecule has 0 aliphatic carbocycles. The third kappa shape index (κ3) is 3.62. The molecule has 2 N–H and O–H groups in total. The molecule has 126 valence electrons. The summed E-state index contributed by atoms with van der Waals surface area (Å²) in [6.07, 6.45) is -9.45. The monoisotopic (exact) mass is 344 g/mol. The van der Waals surface area contributed by atoms with Gasteiger partial charge in [0.15, 0.2) is 0 Å². The minimum Gasteiger partial charge on any atom is -0.399 e. The number of halogens is 6. The first kappa shape index (κ1) is 17.7. The van der Waals surface area contributed by atoms with Crippen molar-refractivity contribution in [3.05, 3.63) is 64.7 Å². The van der Waals surface area contributed by atoms with Gasteiger partial charge in [-0.05, 0) is 29.3 Å². The number of nitrogens with zero attached hydrogens (tertiary/aromatic N) is 1. The van der Waals surface area contributed by atoms with E-state index in [1.165, 1.54) is 12.1 Å². The normalized spacial score (nSPS) is 13.4. The predicted octanol–water partition coefficient (Wildman–Crippen LogP) is 4.96. The Balaban J connectivity index is 2.61. The van der Waals surface area contributed by atoms with Crippen LogP contribution in [0.25, 0.3) is 0 Å². The summed E-state index contributed by atoms with van der Waals surface area (Å²) in [5.74, 6) is -1.51. The number of nitrogens with two attached hydrogens (primary N) is 1. The highest BCUT2D eigenvalue weighted by Gasteiger charge is 2.37. The third-order valence-electron chi connectivity index (χ3n) is 3.37. The SMILES string of the molecule is N#CC(c1cccc(C(F)(F)F)c1)c1ccc(N)cc1C(F)(F)F. The third-order valence-corrected chi connectivity index (χ3v) is 3.37. The molecule has 0 bridgehead atoms. The fraction of sp³-hybridized carbons (Fsp3) is 0.188. The van der Waals surface area contributed by atoms with Gasteiger partial charge in [0.2, 0.25) is 0 Å². The Morgan fingerprint density at radius 3 is 2.12 bits per heavy atom. The number of rotatable bonds is 2. The van der Waals surface area contributed by atoms with Gasteiger partial charge in [-0.3, -0.25) is 0 Å². The van der Waals surface area contributed by atoms with E-state index in [0.29, 0.717) is 12.1 Å². The largest absolute Gasteiger partial charge is 0.416 e. The van der Waals surface area contributed by atoms with E-state index in [1.807, 2.05) is 0 Å². The summed E-state index contributed by atoms with van der Waals surface area (Å²) in [5, 5.41) is 9.26. The van der Waals surface area contributed by atoms with Gasteiger partial charge in [-0.25, -0.2) is 0 Å². The Labute approximate surface area is 133 Å². The molecule has 0 aromatic heterocycles. The van der Waals surface area contributed by atoms with Crippen molar-refractivity contribution in [2.24, 2.45) is 0 Å². The van der Waals surface area contributed by atoms with Gasteiger partial charge in [0.1, 0.15) is 0 Å². The molecule has 1 unspecified atom stereocenters. The molecule has 0 spiro atoms. The lowest BCUT2D eigenvalue weighted by atomic mass is 9.88. The summed E-state index contributed by atoms with van der Waals surface area (Å²) < 4.78 is 77.8. The minimum absolute atomic E-state index is 0.160. The van der Waals surface area contributed by atoms with Crippen LogP contribution in [0.2, 0.25) is 0 Å². The van der Waals surface area contributed by atoms with Crippen LogP contribution < -0.4 is 5.73 Å². The first-order valence-electron chi connectivity index (χ1n) is 6.57. The van der Waals surface area contributed by atoms with Crippen LogP contribution >= 0.6 is 0 Å². The van der Waals surface area contributed by atoms with Gasteiger partial charge in [-0.1, -0.05) is 24.3 Å². The molecular formula is C16H10F6N2. The van der Waals surface area contributed by atoms with Crippen LogP contribution in [0.15, 0.2) is 42.5 Å². The van der Waals surface area contributed by atoms with Crippen LogP contribution in [-0.2, 0) is 12.4 Å². The Kier molecular flexibility index (Phi) is 4.47. The van der Waals surface area contributed by atoms with Crippen molar-refractivity contribution >= 4 is 5.69 Å². The number of anilines is 1. The maximum atomic E-state index is 13.2. The van der Waals surface area contributed by atoms with Gasteiger partial charge in [0.05, 0.1) is 23.1 Å². The molecule has 0 aliphatic heterocycles. The Morgan fingerprint density at radius 1 is 0.917 bits per heavy atom. The van der Waals surface area contributed by atoms with Crippen LogP contribution in [0.5, 0.6) is 0 Å². The number of nitrogen functional groups attached to an aromatic ring is 1. The highest BCUT2D eigenvalue weighted by atomic mass is 19.4. The van der Waals surface area contributed by atoms with E-state index in [1.54, 1.807) is 6.07 Å². The van der Waals surface area contributed by atoms with E-state index in [9.17, 15) is 31.6 Å². The molecule has 0 fully saturated rings. The quantitative estimate of drug-likeness (QED) is 0.618. The van der Waals surface area contributed by atoms with Gasteiger partial charge >= 0.3 is 12.4 Å². The molecule has 2 rings (SSSR count). The van der Waals surface area contributed by atoms with Crippen molar-refractivity contribution in [2.45, 2.75) is 18.3 Å². The molecule has 0 amide bonds. The van der Waals surface area contributed by atoms with Crippen LogP contribution in [0.1, 0.15) is 28.2 Å². The van der Waals surface area contributed by atoms with Crippen molar-refractivity contribution in [2.75, 3.05) is 5.73 Å². The molecule has 0 heterocycles. The summed E-state index contributed by atoms with van der Waals surface area (Å²) in [6, 6.07) is 8.16. The summed E-state index contributed by atoms with van der Waals surface area (Å²) in [7, 11) is 0. The number of benzene rings is 2. The van der Waals surface area contributed by atoms with Crippen molar-refractivity contribution in [1.29, 1.82) is 5.26 Å². The van der Waals surface area contributed by atoms with Gasteiger partial charge < -0.3 is 5.73 Å². The lowest BCUT2D eigenvalue weighted by molar-refractivity contribution is -0.139. The van der Waals surface area contributed by atoms with Crippen LogP contribution in [0.3, 0.4) is 0 Å². The van der Waals surface area contributed by atoms with Gasteiger partial charge in [-0.2, -0.15) is 31.6 Å². The molecule has 0 saturated carbocycles. The Hall–Kier alpha value is -2.69. The highest BCUT2D eigenvalue weighted by Crippen LogP contribution is 2.39. The fourth-order valence-corrected chi connectivity index (χ4v) is 2.29. The molecule has 2 aromatic rings. The van der Waals surface area contributed by atoms with Gasteiger partial charge in [-0.15, -0.1) is 0 Å². The highest BCUT2D eigenvalue weighted by molar-refractivity contribution is 5.51. The Morgan fingerprint density at radius 2 is 1.58 bits per heavy atom. The van der Waals surface area contributed by atoms with Gasteiger partial charge in [0, 0.05) is 5.69 Å². The molecule has 0 saturated heterocycles. The number of hydrogen-bond acceptors (Lipinski definition) is 2. The predicted molar refractivity (Wildman–Crippen MR) is 74.8 cm³/mol. The number of nitriles is 1. The molecule has 1 atom stereocenters. The molecule has 2 nitrogen and oxygen atoms in total. The first-order chi connectivity index (χ1) is 11.0. The lowest BCUT2D eigenvalue weighted by Gasteiger charge is -2.18. The smallest absolute Gasteiger partial charge is 0.399 e. The molecule has 0 aliphatic rings. The van der Waals surface area contributed by atoms with Crippen LogP contribution in [0.4, 0.5) is 32.0 Å². The second-order valence-corrected chi connectivity index (χ2v) is 5.03. The second kappa shape index (κ2) is 6.07. The first-order valence-corrected chi connectivity index (χ1v) is 6.57. The van der Waals surface area contributed by atoms with E-state index < -0.39 is 35.0 Å². The summed E-state index contributed by atoms with van der Waals surface area (Å²) in [6.45, 7) is 0. The molecule has 8 heteroatoms. The Bertz CT molecular complexity index is 786. The van der Waals surface area contributed by atoms with E-state index in [2.05, 4.69) is 0 Å². The fourth-order valence-electron chi connectivity index (χ4n) is 2.29. The summed E-state index contributed by atoms with van der Waals surface area (Å²) >= 11 is 0. The van der Waals surface area contributed by atoms with Crippen LogP contribution in [-0.4, -0.2) is 0 Å². The standard InChI is InChI=1S/C16H10F6N2/c17-15(18,19)10-3-1-2-9(6-10)13(8-23)12-5-4-11(24)7-14(12)16(20,21)22/h1-7,13H,24H2. The van der Waals surface area contributed by atoms with Crippen LogP contribution in [0, 0.1) is 11.3 Å². The number of alkyl halides is 6. The molecule has 2 aromatic carbocycles. The van der Waals surface area contributed by atoms with E-state index >= 15 is 0 Å². The zero-order chi connectivity index (χ0) is 18.1. The van der Waals surface area contributed by atoms with E-state index in [0.717, 1.165) is 18.2 Å². The van der Waals surface area contributed by atoms with E-state index in [4.69, 9.17) is 5.73 Å². The van der Waals surface area contributed by atoms with E-state index in [-0.39, 0.29) is 11.3 Å². The van der Waals surface area contributed by atoms with Gasteiger partial charge in [0.25, 0.3) is 0 Å². The molecular weight excluding hydrogens is 334 g/mol. The minimum atomic E-state index is -4.79. The number of hydrogen-bond donors (Lipinski definition) is 1.